The molecule has 0 bridgehead atoms. The molecule has 0 fully saturated rings. The molecule has 2 atom stereocenters. The number of carbonyl (C=O) groups is 6. The average Bonchev–Trinajstić information content (AvgIpc) is 3.25. The molecule has 0 aromatic heterocycles. The van der Waals surface area contributed by atoms with Gasteiger partial charge in [0.1, 0.15) is 0 Å². The third kappa shape index (κ3) is 12.4. The number of hydrogen-bond donors (Lipinski definition) is 4. The van der Waals surface area contributed by atoms with E-state index in [4.69, 9.17) is 69.6 Å². The highest BCUT2D eigenvalue weighted by Crippen LogP contribution is 2.37. The fraction of sp³-hybridized carbons (Fsp3) is 0.143. The molecule has 2 unspecified atom stereocenters. The van der Waals surface area contributed by atoms with Crippen LogP contribution >= 0.6 is 69.6 Å². The Morgan fingerprint density at radius 2 is 0.855 bits per heavy atom. The maximum absolute atomic E-state index is 13.3. The third-order valence-electron chi connectivity index (χ3n) is 8.56. The minimum Gasteiger partial charge on any atom is -0.322 e. The van der Waals surface area contributed by atoms with Gasteiger partial charge in [-0.15, -0.1) is 23.2 Å². The maximum Gasteiger partial charge on any atom is 0.258 e. The second-order valence-corrected chi connectivity index (χ2v) is 15.2. The van der Waals surface area contributed by atoms with Crippen LogP contribution in [0.5, 0.6) is 0 Å². The van der Waals surface area contributed by atoms with E-state index in [0.717, 1.165) is 25.0 Å². The molecule has 0 saturated carbocycles. The van der Waals surface area contributed by atoms with E-state index in [9.17, 15) is 28.8 Å². The largest absolute Gasteiger partial charge is 0.322 e. The highest BCUT2D eigenvalue weighted by Gasteiger charge is 2.27. The van der Waals surface area contributed by atoms with Gasteiger partial charge in [-0.1, -0.05) is 70.7 Å². The Balaban J connectivity index is 1.24. The first-order valence-corrected chi connectivity index (χ1v) is 20.6. The quantitative estimate of drug-likeness (QED) is 0.0431. The van der Waals surface area contributed by atoms with Crippen LogP contribution in [0.2, 0.25) is 20.1 Å². The molecule has 0 spiro atoms. The van der Waals surface area contributed by atoms with Gasteiger partial charge in [-0.2, -0.15) is 20.5 Å². The zero-order chi connectivity index (χ0) is 45.1. The summed E-state index contributed by atoms with van der Waals surface area (Å²) >= 11 is 37.2. The average molecular weight is 957 g/mol. The van der Waals surface area contributed by atoms with E-state index >= 15 is 0 Å². The molecule has 5 rings (SSSR count). The maximum atomic E-state index is 13.3. The smallest absolute Gasteiger partial charge is 0.258 e. The fourth-order valence-corrected chi connectivity index (χ4v) is 6.47. The van der Waals surface area contributed by atoms with Crippen molar-refractivity contribution in [3.63, 3.8) is 0 Å². The van der Waals surface area contributed by atoms with Crippen molar-refractivity contribution < 1.29 is 28.8 Å². The molecule has 0 aliphatic rings. The highest BCUT2D eigenvalue weighted by molar-refractivity contribution is 6.46. The molecule has 5 aromatic rings. The predicted molar refractivity (Wildman–Crippen MR) is 242 cm³/mol. The monoisotopic (exact) mass is 954 g/mol. The number of anilines is 4. The summed E-state index contributed by atoms with van der Waals surface area (Å²) in [5, 5.41) is 26.0. The molecule has 4 amide bonds. The lowest BCUT2D eigenvalue weighted by atomic mass is 10.1. The minimum atomic E-state index is -1.65. The third-order valence-corrected chi connectivity index (χ3v) is 10.7. The van der Waals surface area contributed by atoms with Crippen LogP contribution in [0.1, 0.15) is 45.7 Å². The molecule has 0 heterocycles. The Morgan fingerprint density at radius 1 is 0.500 bits per heavy atom. The van der Waals surface area contributed by atoms with E-state index < -0.39 is 47.3 Å². The number of nitrogens with one attached hydrogen (secondary N) is 4. The van der Waals surface area contributed by atoms with Gasteiger partial charge < -0.3 is 21.3 Å². The lowest BCUT2D eigenvalue weighted by molar-refractivity contribution is -0.127. The van der Waals surface area contributed by atoms with E-state index in [1.807, 2.05) is 0 Å². The second-order valence-electron chi connectivity index (χ2n) is 13.1. The summed E-state index contributed by atoms with van der Waals surface area (Å²) in [6, 6.07) is 21.4. The Morgan fingerprint density at radius 3 is 1.18 bits per heavy atom. The van der Waals surface area contributed by atoms with Crippen LogP contribution in [-0.4, -0.2) is 47.3 Å². The summed E-state index contributed by atoms with van der Waals surface area (Å²) in [5.74, 6) is -3.67. The number of benzene rings is 5. The van der Waals surface area contributed by atoms with Gasteiger partial charge in [0.25, 0.3) is 23.6 Å². The number of nitrogens with zero attached hydrogens (tertiary/aromatic N) is 4. The van der Waals surface area contributed by atoms with Crippen LogP contribution in [0.15, 0.2) is 118 Å². The first kappa shape index (κ1) is 47.3. The van der Waals surface area contributed by atoms with Gasteiger partial charge in [-0.25, -0.2) is 0 Å². The number of rotatable bonds is 16. The number of alkyl halides is 2. The van der Waals surface area contributed by atoms with Crippen molar-refractivity contribution in [2.75, 3.05) is 21.3 Å². The number of hydrogen-bond acceptors (Lipinski definition) is 10. The SMILES string of the molecule is CC(=O)C(N=Nc1ccc(Cl)c(C(=O)Nc2ccc(CCl)cc2)c1)C(=O)Nc1ccc(NC(=O)C(N=Nc2ccc(Cl)c(C(=O)Nc3ccc(CCl)cc3)c2)C(C)=O)c(Cl)c1Cl. The molecular formula is C42H32Cl6N8O6. The molecule has 0 aliphatic heterocycles. The van der Waals surface area contributed by atoms with Gasteiger partial charge >= 0.3 is 0 Å². The van der Waals surface area contributed by atoms with Crippen LogP contribution in [-0.2, 0) is 30.9 Å². The van der Waals surface area contributed by atoms with Crippen LogP contribution < -0.4 is 21.3 Å². The predicted octanol–water partition coefficient (Wildman–Crippen LogP) is 11.6. The first-order valence-electron chi connectivity index (χ1n) is 18.0. The second kappa shape index (κ2) is 21.9. The van der Waals surface area contributed by atoms with Gasteiger partial charge in [0.2, 0.25) is 12.1 Å². The number of azo groups is 2. The Hall–Kier alpha value is -5.74. The Labute approximate surface area is 384 Å². The number of Topliss-reactive ketones (excluding diaryl/α,β-unsaturated/α-hetero) is 2. The minimum absolute atomic E-state index is 0.0525. The molecule has 14 nitrogen and oxygen atoms in total. The summed E-state index contributed by atoms with van der Waals surface area (Å²) in [6.07, 6.45) is 0. The van der Waals surface area contributed by atoms with Crippen molar-refractivity contribution in [3.8, 4) is 0 Å². The molecule has 0 radical (unpaired) electrons. The molecule has 5 aromatic carbocycles. The van der Waals surface area contributed by atoms with Crippen LogP contribution in [0, 0.1) is 0 Å². The zero-order valence-corrected chi connectivity index (χ0v) is 36.8. The van der Waals surface area contributed by atoms with Crippen molar-refractivity contribution in [3.05, 3.63) is 139 Å². The molecule has 0 saturated heterocycles. The molecule has 0 aliphatic carbocycles. The number of ketones is 2. The molecule has 62 heavy (non-hydrogen) atoms. The van der Waals surface area contributed by atoms with Crippen molar-refractivity contribution in [2.45, 2.75) is 37.7 Å². The molecule has 318 valence electrons. The number of halogens is 6. The molecule has 20 heteroatoms. The fourth-order valence-electron chi connectivity index (χ4n) is 5.28. The topological polar surface area (TPSA) is 200 Å². The van der Waals surface area contributed by atoms with E-state index in [-0.39, 0.29) is 54.0 Å². The van der Waals surface area contributed by atoms with Crippen molar-refractivity contribution in [1.29, 1.82) is 0 Å². The van der Waals surface area contributed by atoms with E-state index in [0.29, 0.717) is 23.1 Å². The summed E-state index contributed by atoms with van der Waals surface area (Å²) in [7, 11) is 0. The van der Waals surface area contributed by atoms with E-state index in [1.54, 1.807) is 48.5 Å². The summed E-state index contributed by atoms with van der Waals surface area (Å²) < 4.78 is 0. The van der Waals surface area contributed by atoms with E-state index in [1.165, 1.54) is 48.5 Å². The molecule has 4 N–H and O–H groups in total. The van der Waals surface area contributed by atoms with Gasteiger partial charge in [-0.05, 0) is 97.8 Å². The van der Waals surface area contributed by atoms with Crippen LogP contribution in [0.4, 0.5) is 34.1 Å². The van der Waals surface area contributed by atoms with Crippen molar-refractivity contribution in [1.82, 2.24) is 0 Å². The highest BCUT2D eigenvalue weighted by atomic mass is 35.5. The standard InChI is InChI=1S/C42H32Cl6N8O6/c1-21(57)37(55-53-27-11-13-31(45)29(17-27)39(59)49-25-7-3-23(19-43)4-8-25)41(61)51-33-15-16-34(36(48)35(33)47)52-42(62)38(22(2)58)56-54-28-12-14-32(46)30(18-28)40(60)50-26-9-5-24(20-44)6-10-26/h3-18,37-38H,19-20H2,1-2H3,(H,49,59)(H,50,60)(H,51,61)(H,52,62). The Bertz CT molecular complexity index is 2430. The lowest BCUT2D eigenvalue weighted by Crippen LogP contribution is -2.32. The zero-order valence-electron chi connectivity index (χ0n) is 32.3. The van der Waals surface area contributed by atoms with Gasteiger partial charge in [-0.3, -0.25) is 28.8 Å². The van der Waals surface area contributed by atoms with E-state index in [2.05, 4.69) is 41.7 Å². The summed E-state index contributed by atoms with van der Waals surface area (Å²) in [4.78, 5) is 77.6. The Kier molecular flexibility index (Phi) is 16.7. The van der Waals surface area contributed by atoms with Gasteiger partial charge in [0.05, 0.1) is 54.0 Å². The molecular weight excluding hydrogens is 925 g/mol. The summed E-state index contributed by atoms with van der Waals surface area (Å²) in [5.41, 5.74) is 2.97. The number of amides is 4. The van der Waals surface area contributed by atoms with Crippen molar-refractivity contribution >= 4 is 139 Å². The van der Waals surface area contributed by atoms with Crippen LogP contribution in [0.3, 0.4) is 0 Å². The van der Waals surface area contributed by atoms with Crippen LogP contribution in [0.25, 0.3) is 0 Å². The normalized spacial score (nSPS) is 12.1. The van der Waals surface area contributed by atoms with Gasteiger partial charge in [0.15, 0.2) is 11.6 Å². The first-order chi connectivity index (χ1) is 29.6. The van der Waals surface area contributed by atoms with Crippen molar-refractivity contribution in [2.24, 2.45) is 20.5 Å². The summed E-state index contributed by atoms with van der Waals surface area (Å²) in [6.45, 7) is 2.25. The van der Waals surface area contributed by atoms with Gasteiger partial charge in [0, 0.05) is 23.1 Å². The number of carbonyl (C=O) groups excluding carboxylic acids is 6. The lowest BCUT2D eigenvalue weighted by Gasteiger charge is -2.15.